The summed E-state index contributed by atoms with van der Waals surface area (Å²) in [5.74, 6) is 0.490. The van der Waals surface area contributed by atoms with Crippen molar-refractivity contribution >= 4 is 5.91 Å². The lowest BCUT2D eigenvalue weighted by Gasteiger charge is -2.16. The van der Waals surface area contributed by atoms with Gasteiger partial charge in [-0.25, -0.2) is 4.68 Å². The van der Waals surface area contributed by atoms with Crippen LogP contribution in [0.4, 0.5) is 0 Å². The van der Waals surface area contributed by atoms with Crippen LogP contribution in [0.5, 0.6) is 0 Å². The van der Waals surface area contributed by atoms with Crippen molar-refractivity contribution in [3.63, 3.8) is 0 Å². The Hall–Kier alpha value is -2.14. The molecule has 0 bridgehead atoms. The van der Waals surface area contributed by atoms with E-state index in [-0.39, 0.29) is 5.91 Å². The van der Waals surface area contributed by atoms with Crippen LogP contribution in [0.25, 0.3) is 5.69 Å². The van der Waals surface area contributed by atoms with Crippen molar-refractivity contribution in [2.75, 3.05) is 19.6 Å². The summed E-state index contributed by atoms with van der Waals surface area (Å²) in [7, 11) is 0. The van der Waals surface area contributed by atoms with E-state index in [2.05, 4.69) is 5.10 Å². The predicted molar refractivity (Wildman–Crippen MR) is 86.1 cm³/mol. The summed E-state index contributed by atoms with van der Waals surface area (Å²) in [4.78, 5) is 14.6. The number of rotatable bonds is 3. The highest BCUT2D eigenvalue weighted by molar-refractivity contribution is 5.95. The number of aromatic nitrogens is 2. The van der Waals surface area contributed by atoms with Gasteiger partial charge in [-0.1, -0.05) is 18.2 Å². The van der Waals surface area contributed by atoms with Crippen molar-refractivity contribution in [3.05, 3.63) is 47.3 Å². The zero-order chi connectivity index (χ0) is 15.7. The molecule has 1 aliphatic heterocycles. The van der Waals surface area contributed by atoms with Crippen molar-refractivity contribution in [2.24, 2.45) is 11.7 Å². The van der Waals surface area contributed by atoms with E-state index in [1.54, 1.807) is 6.20 Å². The first-order valence-electron chi connectivity index (χ1n) is 7.71. The minimum absolute atomic E-state index is 0.0632. The van der Waals surface area contributed by atoms with E-state index >= 15 is 0 Å². The number of para-hydroxylation sites is 1. The van der Waals surface area contributed by atoms with Crippen LogP contribution < -0.4 is 5.73 Å². The van der Waals surface area contributed by atoms with Gasteiger partial charge in [0, 0.05) is 13.1 Å². The van der Waals surface area contributed by atoms with Crippen LogP contribution in [-0.2, 0) is 0 Å². The molecule has 0 radical (unpaired) electrons. The first-order chi connectivity index (χ1) is 10.6. The van der Waals surface area contributed by atoms with Crippen LogP contribution in [0.15, 0.2) is 30.5 Å². The number of aryl methyl sites for hydroxylation is 1. The quantitative estimate of drug-likeness (QED) is 0.941. The third-order valence-electron chi connectivity index (χ3n) is 4.49. The van der Waals surface area contributed by atoms with E-state index in [1.165, 1.54) is 0 Å². The van der Waals surface area contributed by atoms with E-state index < -0.39 is 0 Å². The number of benzene rings is 1. The summed E-state index contributed by atoms with van der Waals surface area (Å²) in [5, 5.41) is 4.42. The monoisotopic (exact) mass is 298 g/mol. The number of carbonyl (C=O) groups excluding carboxylic acids is 1. The average Bonchev–Trinajstić information content (AvgIpc) is 3.14. The largest absolute Gasteiger partial charge is 0.338 e. The molecule has 1 fully saturated rings. The topological polar surface area (TPSA) is 64.2 Å². The molecule has 1 saturated heterocycles. The number of hydrogen-bond donors (Lipinski definition) is 1. The molecule has 1 atom stereocenters. The highest BCUT2D eigenvalue weighted by atomic mass is 16.2. The fourth-order valence-corrected chi connectivity index (χ4v) is 3.04. The van der Waals surface area contributed by atoms with Gasteiger partial charge in [0.2, 0.25) is 0 Å². The normalized spacial score (nSPS) is 18.0. The molecule has 2 heterocycles. The van der Waals surface area contributed by atoms with E-state index in [0.717, 1.165) is 36.5 Å². The number of hydrogen-bond acceptors (Lipinski definition) is 3. The number of amides is 1. The minimum atomic E-state index is 0.0632. The molecule has 2 N–H and O–H groups in total. The van der Waals surface area contributed by atoms with Gasteiger partial charge in [0.25, 0.3) is 5.91 Å². The maximum absolute atomic E-state index is 12.7. The molecule has 5 nitrogen and oxygen atoms in total. The van der Waals surface area contributed by atoms with Gasteiger partial charge in [-0.2, -0.15) is 5.10 Å². The Morgan fingerprint density at radius 3 is 2.82 bits per heavy atom. The van der Waals surface area contributed by atoms with Crippen LogP contribution >= 0.6 is 0 Å². The second-order valence-corrected chi connectivity index (χ2v) is 5.98. The highest BCUT2D eigenvalue weighted by Crippen LogP contribution is 2.22. The van der Waals surface area contributed by atoms with Crippen LogP contribution in [-0.4, -0.2) is 40.2 Å². The summed E-state index contributed by atoms with van der Waals surface area (Å²) < 4.78 is 1.85. The average molecular weight is 298 g/mol. The van der Waals surface area contributed by atoms with E-state index in [0.29, 0.717) is 18.0 Å². The van der Waals surface area contributed by atoms with Crippen LogP contribution in [0.3, 0.4) is 0 Å². The van der Waals surface area contributed by atoms with Gasteiger partial charge < -0.3 is 10.6 Å². The van der Waals surface area contributed by atoms with Gasteiger partial charge in [0.05, 0.1) is 23.1 Å². The molecule has 5 heteroatoms. The molecule has 3 rings (SSSR count). The lowest BCUT2D eigenvalue weighted by molar-refractivity contribution is 0.0787. The molecule has 0 saturated carbocycles. The standard InChI is InChI=1S/C17H22N4O/c1-12-5-3-4-6-16(12)21-13(2)15(10-19-21)17(22)20-8-7-14(9-18)11-20/h3-6,10,14H,7-9,11,18H2,1-2H3/t14-/m0/s1. The van der Waals surface area contributed by atoms with Gasteiger partial charge in [-0.3, -0.25) is 4.79 Å². The molecule has 22 heavy (non-hydrogen) atoms. The van der Waals surface area contributed by atoms with Gasteiger partial charge in [0.15, 0.2) is 0 Å². The molecular weight excluding hydrogens is 276 g/mol. The van der Waals surface area contributed by atoms with Crippen molar-refractivity contribution in [2.45, 2.75) is 20.3 Å². The molecule has 2 aromatic rings. The Kier molecular flexibility index (Phi) is 3.98. The predicted octanol–water partition coefficient (Wildman–Crippen LogP) is 1.91. The molecular formula is C17H22N4O. The summed E-state index contributed by atoms with van der Waals surface area (Å²) in [6.45, 7) is 6.18. The van der Waals surface area contributed by atoms with Gasteiger partial charge in [-0.15, -0.1) is 0 Å². The van der Waals surface area contributed by atoms with Crippen molar-refractivity contribution < 1.29 is 4.79 Å². The van der Waals surface area contributed by atoms with Gasteiger partial charge >= 0.3 is 0 Å². The Labute approximate surface area is 130 Å². The molecule has 0 spiro atoms. The summed E-state index contributed by atoms with van der Waals surface area (Å²) >= 11 is 0. The minimum Gasteiger partial charge on any atom is -0.338 e. The summed E-state index contributed by atoms with van der Waals surface area (Å²) in [6, 6.07) is 8.05. The SMILES string of the molecule is Cc1ccccc1-n1ncc(C(=O)N2CC[C@@H](CN)C2)c1C. The molecule has 1 aromatic heterocycles. The second kappa shape index (κ2) is 5.93. The maximum Gasteiger partial charge on any atom is 0.257 e. The van der Waals surface area contributed by atoms with Crippen molar-refractivity contribution in [1.82, 2.24) is 14.7 Å². The number of carbonyl (C=O) groups is 1. The lowest BCUT2D eigenvalue weighted by atomic mass is 10.1. The van der Waals surface area contributed by atoms with E-state index in [9.17, 15) is 4.79 Å². The fourth-order valence-electron chi connectivity index (χ4n) is 3.04. The summed E-state index contributed by atoms with van der Waals surface area (Å²) in [6.07, 6.45) is 2.67. The number of nitrogens with zero attached hydrogens (tertiary/aromatic N) is 3. The van der Waals surface area contributed by atoms with E-state index in [1.807, 2.05) is 47.7 Å². The van der Waals surface area contributed by atoms with Crippen molar-refractivity contribution in [1.29, 1.82) is 0 Å². The fraction of sp³-hybridized carbons (Fsp3) is 0.412. The highest BCUT2D eigenvalue weighted by Gasteiger charge is 2.28. The Morgan fingerprint density at radius 1 is 1.36 bits per heavy atom. The number of likely N-dealkylation sites (tertiary alicyclic amines) is 1. The Morgan fingerprint density at radius 2 is 2.14 bits per heavy atom. The number of nitrogens with two attached hydrogens (primary N) is 1. The van der Waals surface area contributed by atoms with Gasteiger partial charge in [0.1, 0.15) is 0 Å². The second-order valence-electron chi connectivity index (χ2n) is 5.98. The third kappa shape index (κ3) is 2.52. The van der Waals surface area contributed by atoms with Crippen LogP contribution in [0.1, 0.15) is 28.0 Å². The van der Waals surface area contributed by atoms with Crippen molar-refractivity contribution in [3.8, 4) is 5.69 Å². The zero-order valence-electron chi connectivity index (χ0n) is 13.1. The smallest absolute Gasteiger partial charge is 0.257 e. The Bertz CT molecular complexity index is 692. The molecule has 0 aliphatic carbocycles. The van der Waals surface area contributed by atoms with E-state index in [4.69, 9.17) is 5.73 Å². The maximum atomic E-state index is 12.7. The Balaban J connectivity index is 1.88. The molecule has 0 unspecified atom stereocenters. The van der Waals surface area contributed by atoms with Gasteiger partial charge in [-0.05, 0) is 44.4 Å². The van der Waals surface area contributed by atoms with Crippen LogP contribution in [0, 0.1) is 19.8 Å². The zero-order valence-corrected chi connectivity index (χ0v) is 13.1. The molecule has 116 valence electrons. The molecule has 1 amide bonds. The third-order valence-corrected chi connectivity index (χ3v) is 4.49. The molecule has 1 aliphatic rings. The first kappa shape index (κ1) is 14.8. The first-order valence-corrected chi connectivity index (χ1v) is 7.71. The molecule has 1 aromatic carbocycles. The lowest BCUT2D eigenvalue weighted by Crippen LogP contribution is -2.30. The summed E-state index contributed by atoms with van der Waals surface area (Å²) in [5.41, 5.74) is 9.42. The van der Waals surface area contributed by atoms with Crippen LogP contribution in [0.2, 0.25) is 0 Å².